The summed E-state index contributed by atoms with van der Waals surface area (Å²) >= 11 is 0. The van der Waals surface area contributed by atoms with E-state index >= 15 is 0 Å². The molecule has 0 aromatic heterocycles. The topological polar surface area (TPSA) is 49.3 Å². The highest BCUT2D eigenvalue weighted by atomic mass is 16.5. The molecule has 1 aliphatic heterocycles. The molecule has 6 nitrogen and oxygen atoms in total. The van der Waals surface area contributed by atoms with Gasteiger partial charge in [0.15, 0.2) is 5.96 Å². The first-order valence-electron chi connectivity index (χ1n) is 11.5. The number of nitrogens with one attached hydrogen (secondary N) is 1. The number of benzene rings is 1. The molecule has 0 saturated carbocycles. The molecule has 1 N–H and O–H groups in total. The lowest BCUT2D eigenvalue weighted by Crippen LogP contribution is -2.47. The number of nitrogens with zero attached hydrogens (tertiary/aromatic N) is 3. The minimum atomic E-state index is 0.355. The third-order valence-corrected chi connectivity index (χ3v) is 5.74. The summed E-state index contributed by atoms with van der Waals surface area (Å²) in [7, 11) is 3.91. The van der Waals surface area contributed by atoms with Crippen molar-refractivity contribution in [1.82, 2.24) is 15.1 Å². The Morgan fingerprint density at radius 2 is 1.90 bits per heavy atom. The van der Waals surface area contributed by atoms with Gasteiger partial charge in [0.1, 0.15) is 0 Å². The van der Waals surface area contributed by atoms with E-state index in [1.807, 2.05) is 0 Å². The number of hydrogen-bond donors (Lipinski definition) is 1. The zero-order valence-electron chi connectivity index (χ0n) is 19.7. The second kappa shape index (κ2) is 13.6. The van der Waals surface area contributed by atoms with Gasteiger partial charge in [-0.15, -0.1) is 0 Å². The molecule has 2 rings (SSSR count). The summed E-state index contributed by atoms with van der Waals surface area (Å²) in [5.74, 6) is 1.02. The number of piperidine rings is 1. The zero-order valence-corrected chi connectivity index (χ0v) is 19.7. The summed E-state index contributed by atoms with van der Waals surface area (Å²) in [5.41, 5.74) is 2.66. The summed E-state index contributed by atoms with van der Waals surface area (Å²) in [4.78, 5) is 9.73. The largest absolute Gasteiger partial charge is 0.385 e. The van der Waals surface area contributed by atoms with E-state index in [1.54, 1.807) is 7.11 Å². The first-order valence-corrected chi connectivity index (χ1v) is 11.5. The molecule has 0 atom stereocenters. The Bertz CT molecular complexity index is 627. The van der Waals surface area contributed by atoms with Gasteiger partial charge in [-0.3, -0.25) is 4.90 Å². The summed E-state index contributed by atoms with van der Waals surface area (Å²) in [5, 5.41) is 3.48. The fourth-order valence-corrected chi connectivity index (χ4v) is 3.59. The molecule has 0 radical (unpaired) electrons. The number of guanidine groups is 1. The highest BCUT2D eigenvalue weighted by molar-refractivity contribution is 5.80. The smallest absolute Gasteiger partial charge is 0.194 e. The Balaban J connectivity index is 1.94. The molecule has 0 unspecified atom stereocenters. The van der Waals surface area contributed by atoms with Crippen molar-refractivity contribution < 1.29 is 9.47 Å². The lowest BCUT2D eigenvalue weighted by atomic mass is 10.1. The highest BCUT2D eigenvalue weighted by Gasteiger charge is 2.22. The number of ether oxygens (including phenoxy) is 2. The summed E-state index contributed by atoms with van der Waals surface area (Å²) in [6.45, 7) is 12.7. The van der Waals surface area contributed by atoms with Gasteiger partial charge in [0, 0.05) is 52.5 Å². The minimum Gasteiger partial charge on any atom is -0.385 e. The molecule has 1 heterocycles. The predicted octanol–water partition coefficient (Wildman–Crippen LogP) is 3.51. The highest BCUT2D eigenvalue weighted by Crippen LogP contribution is 2.16. The van der Waals surface area contributed by atoms with Crippen LogP contribution in [-0.2, 0) is 22.6 Å². The first-order chi connectivity index (χ1) is 14.5. The molecule has 1 saturated heterocycles. The van der Waals surface area contributed by atoms with Crippen LogP contribution in [0, 0.1) is 0 Å². The van der Waals surface area contributed by atoms with Crippen molar-refractivity contribution in [3.05, 3.63) is 35.4 Å². The van der Waals surface area contributed by atoms with Crippen molar-refractivity contribution in [2.45, 2.75) is 65.3 Å². The molecule has 0 spiro atoms. The van der Waals surface area contributed by atoms with E-state index < -0.39 is 0 Å². The van der Waals surface area contributed by atoms with Crippen LogP contribution in [0.2, 0.25) is 0 Å². The van der Waals surface area contributed by atoms with Gasteiger partial charge in [0.05, 0.1) is 12.6 Å². The van der Waals surface area contributed by atoms with Crippen LogP contribution in [0.3, 0.4) is 0 Å². The molecular formula is C24H42N4O2. The lowest BCUT2D eigenvalue weighted by molar-refractivity contribution is 0.00990. The molecule has 6 heteroatoms. The van der Waals surface area contributed by atoms with Crippen LogP contribution < -0.4 is 5.32 Å². The van der Waals surface area contributed by atoms with E-state index in [-0.39, 0.29) is 0 Å². The molecule has 1 aromatic rings. The van der Waals surface area contributed by atoms with Gasteiger partial charge in [-0.2, -0.15) is 0 Å². The number of hydrogen-bond acceptors (Lipinski definition) is 4. The van der Waals surface area contributed by atoms with Crippen molar-refractivity contribution in [2.24, 2.45) is 4.99 Å². The lowest BCUT2D eigenvalue weighted by Gasteiger charge is -2.34. The Morgan fingerprint density at radius 3 is 2.53 bits per heavy atom. The fourth-order valence-electron chi connectivity index (χ4n) is 3.59. The quantitative estimate of drug-likeness (QED) is 0.339. The summed E-state index contributed by atoms with van der Waals surface area (Å²) in [6.07, 6.45) is 3.42. The number of aliphatic imine (C=N–C) groups is 1. The maximum absolute atomic E-state index is 6.00. The van der Waals surface area contributed by atoms with E-state index in [9.17, 15) is 0 Å². The molecule has 1 aliphatic rings. The first kappa shape index (κ1) is 24.6. The van der Waals surface area contributed by atoms with E-state index in [1.165, 1.54) is 11.1 Å². The van der Waals surface area contributed by atoms with E-state index in [2.05, 4.69) is 67.2 Å². The van der Waals surface area contributed by atoms with Crippen molar-refractivity contribution in [3.8, 4) is 0 Å². The van der Waals surface area contributed by atoms with Gasteiger partial charge in [-0.25, -0.2) is 4.99 Å². The summed E-state index contributed by atoms with van der Waals surface area (Å²) < 4.78 is 11.1. The molecule has 1 fully saturated rings. The van der Waals surface area contributed by atoms with Crippen LogP contribution in [0.15, 0.2) is 29.3 Å². The predicted molar refractivity (Wildman–Crippen MR) is 125 cm³/mol. The zero-order chi connectivity index (χ0) is 21.8. The van der Waals surface area contributed by atoms with E-state index in [4.69, 9.17) is 14.5 Å². The molecule has 30 heavy (non-hydrogen) atoms. The maximum Gasteiger partial charge on any atom is 0.194 e. The molecular weight excluding hydrogens is 376 g/mol. The van der Waals surface area contributed by atoms with E-state index in [0.717, 1.165) is 64.6 Å². The molecule has 1 aromatic carbocycles. The minimum absolute atomic E-state index is 0.355. The van der Waals surface area contributed by atoms with Gasteiger partial charge < -0.3 is 19.7 Å². The van der Waals surface area contributed by atoms with Gasteiger partial charge in [0.25, 0.3) is 0 Å². The van der Waals surface area contributed by atoms with Gasteiger partial charge in [0.2, 0.25) is 0 Å². The molecule has 170 valence electrons. The number of rotatable bonds is 11. The molecule has 0 amide bonds. The van der Waals surface area contributed by atoms with Crippen LogP contribution in [0.4, 0.5) is 0 Å². The molecule has 0 bridgehead atoms. The average molecular weight is 419 g/mol. The SMILES string of the molecule is CCNC(=NCc1ccccc1CN(C)C(C)C)N1CCC(OCCCOC)CC1. The average Bonchev–Trinajstić information content (AvgIpc) is 2.75. The second-order valence-electron chi connectivity index (χ2n) is 8.35. The van der Waals surface area contributed by atoms with Crippen LogP contribution in [0.25, 0.3) is 0 Å². The van der Waals surface area contributed by atoms with Crippen molar-refractivity contribution in [1.29, 1.82) is 0 Å². The van der Waals surface area contributed by atoms with Gasteiger partial charge >= 0.3 is 0 Å². The van der Waals surface area contributed by atoms with Crippen LogP contribution in [-0.4, -0.2) is 74.9 Å². The summed E-state index contributed by atoms with van der Waals surface area (Å²) in [6, 6.07) is 9.19. The van der Waals surface area contributed by atoms with Crippen LogP contribution in [0.5, 0.6) is 0 Å². The number of likely N-dealkylation sites (tertiary alicyclic amines) is 1. The van der Waals surface area contributed by atoms with Crippen molar-refractivity contribution >= 4 is 5.96 Å². The second-order valence-corrected chi connectivity index (χ2v) is 8.35. The Hall–Kier alpha value is -1.63. The third-order valence-electron chi connectivity index (χ3n) is 5.74. The molecule has 0 aliphatic carbocycles. The van der Waals surface area contributed by atoms with Gasteiger partial charge in [-0.1, -0.05) is 24.3 Å². The van der Waals surface area contributed by atoms with Crippen molar-refractivity contribution in [2.75, 3.05) is 47.0 Å². The normalized spacial score (nSPS) is 16.0. The standard InChI is InChI=1S/C24H42N4O2/c1-6-25-24(28-14-12-23(13-15-28)30-17-9-16-29-5)26-18-21-10-7-8-11-22(21)19-27(4)20(2)3/h7-8,10-11,20,23H,6,9,12-19H2,1-5H3,(H,25,26). The fraction of sp³-hybridized carbons (Fsp3) is 0.708. The Kier molecular flexibility index (Phi) is 11.2. The van der Waals surface area contributed by atoms with Crippen molar-refractivity contribution in [3.63, 3.8) is 0 Å². The van der Waals surface area contributed by atoms with Crippen LogP contribution in [0.1, 0.15) is 51.2 Å². The Labute approximate surface area is 183 Å². The maximum atomic E-state index is 6.00. The Morgan fingerprint density at radius 1 is 1.20 bits per heavy atom. The third kappa shape index (κ3) is 8.25. The van der Waals surface area contributed by atoms with Crippen LogP contribution >= 0.6 is 0 Å². The number of methoxy groups -OCH3 is 1. The van der Waals surface area contributed by atoms with Gasteiger partial charge in [-0.05, 0) is 58.2 Å². The van der Waals surface area contributed by atoms with E-state index in [0.29, 0.717) is 18.7 Å². The monoisotopic (exact) mass is 418 g/mol.